The number of amides is 1. The van der Waals surface area contributed by atoms with Gasteiger partial charge in [0, 0.05) is 11.1 Å². The molecular weight excluding hydrogens is 310 g/mol. The number of benzene rings is 1. The summed E-state index contributed by atoms with van der Waals surface area (Å²) < 4.78 is 0. The number of aromatic nitrogens is 3. The molecule has 1 aromatic carbocycles. The fraction of sp³-hybridized carbons (Fsp3) is 0.250. The topological polar surface area (TPSA) is 93.8 Å². The van der Waals surface area contributed by atoms with Crippen molar-refractivity contribution < 1.29 is 4.79 Å². The lowest BCUT2D eigenvalue weighted by Gasteiger charge is -2.13. The first-order valence-electron chi connectivity index (χ1n) is 7.22. The Kier molecular flexibility index (Phi) is 3.96. The van der Waals surface area contributed by atoms with E-state index in [-0.39, 0.29) is 11.9 Å². The normalized spacial score (nSPS) is 12.3. The number of carbonyl (C=O) groups is 1. The van der Waals surface area contributed by atoms with Gasteiger partial charge >= 0.3 is 0 Å². The van der Waals surface area contributed by atoms with Crippen LogP contribution in [0.15, 0.2) is 24.3 Å². The molecule has 0 saturated heterocycles. The van der Waals surface area contributed by atoms with Gasteiger partial charge in [-0.1, -0.05) is 29.5 Å². The molecule has 6 nitrogen and oxygen atoms in total. The molecule has 3 N–H and O–H groups in total. The van der Waals surface area contributed by atoms with Gasteiger partial charge in [-0.25, -0.2) is 0 Å². The van der Waals surface area contributed by atoms with Gasteiger partial charge in [-0.2, -0.15) is 0 Å². The zero-order valence-corrected chi connectivity index (χ0v) is 13.9. The number of pyridine rings is 1. The van der Waals surface area contributed by atoms with Gasteiger partial charge in [0.15, 0.2) is 0 Å². The van der Waals surface area contributed by atoms with E-state index < -0.39 is 0 Å². The smallest absolute Gasteiger partial charge is 0.252 e. The first kappa shape index (κ1) is 15.4. The number of carbonyl (C=O) groups excluding carboxylic acids is 1. The predicted molar refractivity (Wildman–Crippen MR) is 91.4 cm³/mol. The third-order valence-corrected chi connectivity index (χ3v) is 4.52. The summed E-state index contributed by atoms with van der Waals surface area (Å²) in [5, 5.41) is 12.6. The van der Waals surface area contributed by atoms with Crippen molar-refractivity contribution in [1.29, 1.82) is 0 Å². The Balaban J connectivity index is 1.96. The van der Waals surface area contributed by atoms with Crippen LogP contribution in [0.1, 0.15) is 39.6 Å². The predicted octanol–water partition coefficient (Wildman–Crippen LogP) is 2.78. The van der Waals surface area contributed by atoms with Gasteiger partial charge in [-0.3, -0.25) is 9.78 Å². The Morgan fingerprint density at radius 3 is 2.78 bits per heavy atom. The van der Waals surface area contributed by atoms with E-state index in [4.69, 9.17) is 5.73 Å². The molecule has 7 heteroatoms. The summed E-state index contributed by atoms with van der Waals surface area (Å²) in [6.45, 7) is 5.74. The van der Waals surface area contributed by atoms with Gasteiger partial charge < -0.3 is 11.1 Å². The molecule has 118 valence electrons. The third kappa shape index (κ3) is 3.00. The lowest BCUT2D eigenvalue weighted by atomic mass is 10.0. The van der Waals surface area contributed by atoms with E-state index in [1.54, 1.807) is 6.07 Å². The van der Waals surface area contributed by atoms with Crippen molar-refractivity contribution in [3.8, 4) is 0 Å². The number of rotatable bonds is 3. The van der Waals surface area contributed by atoms with E-state index in [1.807, 2.05) is 39.0 Å². The number of hydrogen-bond donors (Lipinski definition) is 2. The number of nitrogens with zero attached hydrogens (tertiary/aromatic N) is 3. The van der Waals surface area contributed by atoms with Gasteiger partial charge in [0.2, 0.25) is 5.13 Å². The van der Waals surface area contributed by atoms with Gasteiger partial charge in [0.1, 0.15) is 5.01 Å². The van der Waals surface area contributed by atoms with Crippen molar-refractivity contribution in [2.24, 2.45) is 0 Å². The summed E-state index contributed by atoms with van der Waals surface area (Å²) in [6, 6.07) is 7.38. The number of aryl methyl sites for hydroxylation is 2. The van der Waals surface area contributed by atoms with Crippen LogP contribution in [-0.2, 0) is 0 Å². The fourth-order valence-electron chi connectivity index (χ4n) is 2.47. The molecule has 23 heavy (non-hydrogen) atoms. The second-order valence-corrected chi connectivity index (χ2v) is 6.50. The van der Waals surface area contributed by atoms with Gasteiger partial charge in [0.25, 0.3) is 5.91 Å². The molecule has 0 fully saturated rings. The summed E-state index contributed by atoms with van der Waals surface area (Å²) in [6.07, 6.45) is 0. The van der Waals surface area contributed by atoms with E-state index in [0.717, 1.165) is 22.2 Å². The van der Waals surface area contributed by atoms with Crippen LogP contribution in [0, 0.1) is 13.8 Å². The number of fused-ring (bicyclic) bond motifs is 1. The van der Waals surface area contributed by atoms with E-state index in [2.05, 4.69) is 20.5 Å². The van der Waals surface area contributed by atoms with Crippen LogP contribution in [0.4, 0.5) is 5.13 Å². The number of hydrogen-bond acceptors (Lipinski definition) is 6. The molecule has 2 aromatic heterocycles. The third-order valence-electron chi connectivity index (χ3n) is 3.59. The van der Waals surface area contributed by atoms with E-state index in [1.165, 1.54) is 11.3 Å². The molecule has 0 radical (unpaired) electrons. The van der Waals surface area contributed by atoms with Crippen molar-refractivity contribution in [2.75, 3.05) is 5.73 Å². The van der Waals surface area contributed by atoms with Crippen LogP contribution in [0.3, 0.4) is 0 Å². The fourth-order valence-corrected chi connectivity index (χ4v) is 3.08. The Morgan fingerprint density at radius 2 is 2.09 bits per heavy atom. The molecule has 3 aromatic rings. The molecule has 2 heterocycles. The molecule has 0 saturated carbocycles. The van der Waals surface area contributed by atoms with Crippen molar-refractivity contribution in [3.63, 3.8) is 0 Å². The molecule has 0 bridgehead atoms. The Hall–Kier alpha value is -2.54. The quantitative estimate of drug-likeness (QED) is 0.771. The molecule has 3 rings (SSSR count). The maximum Gasteiger partial charge on any atom is 0.252 e. The second-order valence-electron chi connectivity index (χ2n) is 5.46. The highest BCUT2D eigenvalue weighted by Gasteiger charge is 2.18. The average molecular weight is 327 g/mol. The van der Waals surface area contributed by atoms with Gasteiger partial charge in [0.05, 0.1) is 17.1 Å². The lowest BCUT2D eigenvalue weighted by Crippen LogP contribution is -2.27. The van der Waals surface area contributed by atoms with E-state index in [9.17, 15) is 4.79 Å². The van der Waals surface area contributed by atoms with Crippen LogP contribution >= 0.6 is 11.3 Å². The number of para-hydroxylation sites is 1. The molecule has 0 unspecified atom stereocenters. The van der Waals surface area contributed by atoms with Crippen LogP contribution in [0.2, 0.25) is 0 Å². The maximum absolute atomic E-state index is 12.7. The molecule has 0 aliphatic rings. The highest BCUT2D eigenvalue weighted by Crippen LogP contribution is 2.23. The minimum atomic E-state index is -0.259. The number of anilines is 1. The van der Waals surface area contributed by atoms with Crippen LogP contribution < -0.4 is 11.1 Å². The first-order valence-corrected chi connectivity index (χ1v) is 8.04. The van der Waals surface area contributed by atoms with Crippen molar-refractivity contribution >= 4 is 33.3 Å². The van der Waals surface area contributed by atoms with Crippen molar-refractivity contribution in [2.45, 2.75) is 26.8 Å². The highest BCUT2D eigenvalue weighted by molar-refractivity contribution is 7.15. The standard InChI is InChI=1S/C16H17N5OS/c1-8-5-4-6-11-12(7-9(2)18-13(8)11)14(22)19-10(3)15-20-21-16(17)23-15/h4-7,10H,1-3H3,(H2,17,21)(H,19,22)/t10-/m1/s1. The molecule has 0 spiro atoms. The SMILES string of the molecule is Cc1cc(C(=O)N[C@H](C)c2nnc(N)s2)c2cccc(C)c2n1. The van der Waals surface area contributed by atoms with Gasteiger partial charge in [-0.15, -0.1) is 10.2 Å². The Bertz CT molecular complexity index is 889. The lowest BCUT2D eigenvalue weighted by molar-refractivity contribution is 0.0941. The molecule has 1 amide bonds. The minimum absolute atomic E-state index is 0.160. The van der Waals surface area contributed by atoms with Gasteiger partial charge in [-0.05, 0) is 32.4 Å². The monoisotopic (exact) mass is 327 g/mol. The zero-order valence-electron chi connectivity index (χ0n) is 13.1. The number of nitrogens with one attached hydrogen (secondary N) is 1. The summed E-state index contributed by atoms with van der Waals surface area (Å²) in [4.78, 5) is 17.2. The van der Waals surface area contributed by atoms with Crippen LogP contribution in [-0.4, -0.2) is 21.1 Å². The number of nitrogens with two attached hydrogens (primary N) is 1. The highest BCUT2D eigenvalue weighted by atomic mass is 32.1. The second kappa shape index (κ2) is 5.92. The zero-order chi connectivity index (χ0) is 16.6. The molecule has 0 aliphatic carbocycles. The molecule has 1 atom stereocenters. The average Bonchev–Trinajstić information content (AvgIpc) is 2.94. The van der Waals surface area contributed by atoms with Crippen molar-refractivity contribution in [3.05, 3.63) is 46.1 Å². The van der Waals surface area contributed by atoms with Crippen LogP contribution in [0.5, 0.6) is 0 Å². The Morgan fingerprint density at radius 1 is 1.30 bits per heavy atom. The largest absolute Gasteiger partial charge is 0.374 e. The summed E-state index contributed by atoms with van der Waals surface area (Å²) >= 11 is 1.27. The maximum atomic E-state index is 12.7. The molecule has 0 aliphatic heterocycles. The molecular formula is C16H17N5OS. The van der Waals surface area contributed by atoms with E-state index >= 15 is 0 Å². The van der Waals surface area contributed by atoms with E-state index in [0.29, 0.717) is 15.7 Å². The summed E-state index contributed by atoms with van der Waals surface area (Å²) in [7, 11) is 0. The first-order chi connectivity index (χ1) is 11.0. The van der Waals surface area contributed by atoms with Crippen molar-refractivity contribution in [1.82, 2.24) is 20.5 Å². The summed E-state index contributed by atoms with van der Waals surface area (Å²) in [5.74, 6) is -0.160. The Labute approximate surface area is 137 Å². The number of nitrogen functional groups attached to an aromatic ring is 1. The van der Waals surface area contributed by atoms with Crippen LogP contribution in [0.25, 0.3) is 10.9 Å². The minimum Gasteiger partial charge on any atom is -0.374 e. The summed E-state index contributed by atoms with van der Waals surface area (Å²) in [5.41, 5.74) is 8.91.